The molecule has 0 amide bonds. The highest BCUT2D eigenvalue weighted by Crippen LogP contribution is 2.22. The Labute approximate surface area is 124 Å². The van der Waals surface area contributed by atoms with Crippen LogP contribution < -0.4 is 0 Å². The van der Waals surface area contributed by atoms with E-state index in [0.717, 1.165) is 26.8 Å². The Balaban J connectivity index is 2.24. The number of hydrogen-bond donors (Lipinski definition) is 1. The molecule has 2 nitrogen and oxygen atoms in total. The summed E-state index contributed by atoms with van der Waals surface area (Å²) >= 11 is 8.82. The Hall–Kier alpha value is -1.52. The van der Waals surface area contributed by atoms with Crippen LogP contribution in [-0.2, 0) is 0 Å². The van der Waals surface area contributed by atoms with Crippen molar-refractivity contribution >= 4 is 39.1 Å². The van der Waals surface area contributed by atoms with Crippen LogP contribution in [0.15, 0.2) is 46.9 Å². The van der Waals surface area contributed by atoms with Crippen LogP contribution in [0.1, 0.15) is 5.56 Å². The number of aromatic nitrogens is 2. The summed E-state index contributed by atoms with van der Waals surface area (Å²) in [6.45, 7) is 2.07. The molecule has 0 saturated carbocycles. The van der Waals surface area contributed by atoms with Crippen LogP contribution in [-0.4, -0.2) is 9.97 Å². The zero-order chi connectivity index (χ0) is 13.4. The van der Waals surface area contributed by atoms with Gasteiger partial charge in [0, 0.05) is 15.4 Å². The maximum absolute atomic E-state index is 5.37. The smallest absolute Gasteiger partial charge is 0.139 e. The van der Waals surface area contributed by atoms with Gasteiger partial charge in [-0.3, -0.25) is 0 Å². The second-order valence-electron chi connectivity index (χ2n) is 4.45. The number of rotatable bonds is 1. The number of fused-ring (bicyclic) bond motifs is 1. The molecule has 0 aliphatic carbocycles. The fraction of sp³-hybridized carbons (Fsp3) is 0.0667. The minimum absolute atomic E-state index is 0.616. The first-order valence-corrected chi connectivity index (χ1v) is 7.10. The third-order valence-electron chi connectivity index (χ3n) is 3.00. The summed E-state index contributed by atoms with van der Waals surface area (Å²) in [7, 11) is 0. The van der Waals surface area contributed by atoms with Crippen LogP contribution in [0, 0.1) is 11.6 Å². The molecule has 2 aromatic carbocycles. The van der Waals surface area contributed by atoms with Gasteiger partial charge in [-0.1, -0.05) is 58.0 Å². The summed E-state index contributed by atoms with van der Waals surface area (Å²) < 4.78 is 1.62. The molecular weight excluding hydrogens is 320 g/mol. The van der Waals surface area contributed by atoms with Gasteiger partial charge in [0.1, 0.15) is 10.5 Å². The SMILES string of the molecule is Cc1ccc(-c2nc(=S)c3cc(Br)ccc3[nH]2)cc1. The minimum Gasteiger partial charge on any atom is -0.339 e. The largest absolute Gasteiger partial charge is 0.339 e. The molecule has 0 aliphatic rings. The molecule has 1 aromatic heterocycles. The molecule has 3 aromatic rings. The summed E-state index contributed by atoms with van der Waals surface area (Å²) in [6.07, 6.45) is 0. The number of aryl methyl sites for hydroxylation is 1. The van der Waals surface area contributed by atoms with E-state index in [9.17, 15) is 0 Å². The van der Waals surface area contributed by atoms with E-state index >= 15 is 0 Å². The molecule has 4 heteroatoms. The van der Waals surface area contributed by atoms with E-state index in [1.807, 2.05) is 30.3 Å². The molecular formula is C15H11BrN2S. The third kappa shape index (κ3) is 2.46. The molecule has 1 heterocycles. The number of hydrogen-bond acceptors (Lipinski definition) is 2. The van der Waals surface area contributed by atoms with Crippen LogP contribution in [0.4, 0.5) is 0 Å². The van der Waals surface area contributed by atoms with Gasteiger partial charge in [0.25, 0.3) is 0 Å². The summed E-state index contributed by atoms with van der Waals surface area (Å²) in [5, 5.41) is 0.959. The Morgan fingerprint density at radius 1 is 1.11 bits per heavy atom. The molecule has 0 bridgehead atoms. The van der Waals surface area contributed by atoms with Gasteiger partial charge in [0.05, 0.1) is 5.52 Å². The van der Waals surface area contributed by atoms with Gasteiger partial charge in [-0.05, 0) is 25.1 Å². The van der Waals surface area contributed by atoms with Gasteiger partial charge in [-0.25, -0.2) is 4.98 Å². The van der Waals surface area contributed by atoms with Crippen LogP contribution in [0.3, 0.4) is 0 Å². The van der Waals surface area contributed by atoms with Crippen LogP contribution in [0.5, 0.6) is 0 Å². The van der Waals surface area contributed by atoms with E-state index in [2.05, 4.69) is 45.0 Å². The number of benzene rings is 2. The lowest BCUT2D eigenvalue weighted by Gasteiger charge is -2.05. The maximum Gasteiger partial charge on any atom is 0.139 e. The Morgan fingerprint density at radius 3 is 2.58 bits per heavy atom. The molecule has 0 unspecified atom stereocenters. The van der Waals surface area contributed by atoms with E-state index in [1.54, 1.807) is 0 Å². The quantitative estimate of drug-likeness (QED) is 0.634. The van der Waals surface area contributed by atoms with Crippen molar-refractivity contribution in [2.24, 2.45) is 0 Å². The van der Waals surface area contributed by atoms with Crippen molar-refractivity contribution in [1.82, 2.24) is 9.97 Å². The topological polar surface area (TPSA) is 28.7 Å². The van der Waals surface area contributed by atoms with E-state index in [-0.39, 0.29) is 0 Å². The first-order valence-electron chi connectivity index (χ1n) is 5.90. The van der Waals surface area contributed by atoms with Crippen molar-refractivity contribution in [1.29, 1.82) is 0 Å². The second-order valence-corrected chi connectivity index (χ2v) is 5.75. The predicted molar refractivity (Wildman–Crippen MR) is 84.8 cm³/mol. The maximum atomic E-state index is 5.37. The van der Waals surface area contributed by atoms with E-state index in [1.165, 1.54) is 5.56 Å². The van der Waals surface area contributed by atoms with Crippen molar-refractivity contribution in [2.75, 3.05) is 0 Å². The number of nitrogens with zero attached hydrogens (tertiary/aromatic N) is 1. The van der Waals surface area contributed by atoms with E-state index < -0.39 is 0 Å². The lowest BCUT2D eigenvalue weighted by Crippen LogP contribution is -1.91. The van der Waals surface area contributed by atoms with Crippen molar-refractivity contribution in [3.05, 3.63) is 57.1 Å². The zero-order valence-corrected chi connectivity index (χ0v) is 12.7. The van der Waals surface area contributed by atoms with Crippen molar-refractivity contribution in [2.45, 2.75) is 6.92 Å². The average molecular weight is 331 g/mol. The highest BCUT2D eigenvalue weighted by atomic mass is 79.9. The van der Waals surface area contributed by atoms with Gasteiger partial charge in [-0.2, -0.15) is 0 Å². The van der Waals surface area contributed by atoms with Gasteiger partial charge in [0.15, 0.2) is 0 Å². The molecule has 0 aliphatic heterocycles. The standard InChI is InChI=1S/C15H11BrN2S/c1-9-2-4-10(5-3-9)14-17-13-7-6-11(16)8-12(13)15(19)18-14/h2-8H,1H3,(H,17,18,19). The summed E-state index contributed by atoms with van der Waals surface area (Å²) in [4.78, 5) is 7.81. The normalized spacial score (nSPS) is 10.8. The Bertz CT molecular complexity index is 806. The van der Waals surface area contributed by atoms with E-state index in [0.29, 0.717) is 4.64 Å². The van der Waals surface area contributed by atoms with Gasteiger partial charge in [-0.15, -0.1) is 0 Å². The summed E-state index contributed by atoms with van der Waals surface area (Å²) in [6, 6.07) is 14.2. The van der Waals surface area contributed by atoms with Crippen molar-refractivity contribution < 1.29 is 0 Å². The number of aromatic amines is 1. The lowest BCUT2D eigenvalue weighted by molar-refractivity contribution is 1.21. The molecule has 0 saturated heterocycles. The van der Waals surface area contributed by atoms with Crippen LogP contribution >= 0.6 is 28.1 Å². The number of H-pyrrole nitrogens is 1. The summed E-state index contributed by atoms with van der Waals surface area (Å²) in [5.41, 5.74) is 3.27. The molecule has 0 fully saturated rings. The molecule has 0 radical (unpaired) electrons. The molecule has 0 spiro atoms. The highest BCUT2D eigenvalue weighted by molar-refractivity contribution is 9.10. The molecule has 3 rings (SSSR count). The fourth-order valence-corrected chi connectivity index (χ4v) is 2.59. The zero-order valence-electron chi connectivity index (χ0n) is 10.3. The predicted octanol–water partition coefficient (Wildman–Crippen LogP) is 5.03. The first kappa shape index (κ1) is 12.5. The Kier molecular flexibility index (Phi) is 3.21. The first-order chi connectivity index (χ1) is 9.13. The second kappa shape index (κ2) is 4.87. The van der Waals surface area contributed by atoms with Crippen molar-refractivity contribution in [3.63, 3.8) is 0 Å². The number of nitrogens with one attached hydrogen (secondary N) is 1. The third-order valence-corrected chi connectivity index (χ3v) is 3.81. The van der Waals surface area contributed by atoms with Gasteiger partial charge < -0.3 is 4.98 Å². The van der Waals surface area contributed by atoms with Gasteiger partial charge in [0.2, 0.25) is 0 Å². The monoisotopic (exact) mass is 330 g/mol. The van der Waals surface area contributed by atoms with E-state index in [4.69, 9.17) is 12.2 Å². The highest BCUT2D eigenvalue weighted by Gasteiger charge is 2.04. The fourth-order valence-electron chi connectivity index (χ4n) is 1.97. The molecule has 0 atom stereocenters. The minimum atomic E-state index is 0.616. The van der Waals surface area contributed by atoms with Crippen LogP contribution in [0.25, 0.3) is 22.3 Å². The van der Waals surface area contributed by atoms with Crippen molar-refractivity contribution in [3.8, 4) is 11.4 Å². The molecule has 94 valence electrons. The molecule has 19 heavy (non-hydrogen) atoms. The summed E-state index contributed by atoms with van der Waals surface area (Å²) in [5.74, 6) is 0.805. The van der Waals surface area contributed by atoms with Gasteiger partial charge >= 0.3 is 0 Å². The van der Waals surface area contributed by atoms with Crippen LogP contribution in [0.2, 0.25) is 0 Å². The Morgan fingerprint density at radius 2 is 1.84 bits per heavy atom. The lowest BCUT2D eigenvalue weighted by atomic mass is 10.1. The molecule has 1 N–H and O–H groups in total. The number of halogens is 1. The average Bonchev–Trinajstić information content (AvgIpc) is 2.40.